The molecular formula is C15H19ClN2O. The summed E-state index contributed by atoms with van der Waals surface area (Å²) < 4.78 is 6.07. The fourth-order valence-electron chi connectivity index (χ4n) is 3.47. The Balaban J connectivity index is 1.41. The number of nitrogens with one attached hydrogen (secondary N) is 1. The average molecular weight is 279 g/mol. The SMILES string of the molecule is Clc1cnc(CO[C@H]2C[C@H]3C[C@@H]2CN3)cc1C1CC1. The molecular weight excluding hydrogens is 260 g/mol. The van der Waals surface area contributed by atoms with Crippen molar-refractivity contribution in [2.24, 2.45) is 5.92 Å². The van der Waals surface area contributed by atoms with E-state index in [2.05, 4.69) is 16.4 Å². The molecule has 4 heteroatoms. The number of aromatic nitrogens is 1. The molecule has 1 aromatic rings. The maximum atomic E-state index is 6.20. The standard InChI is InChI=1S/C15H19ClN2O/c16-14-7-18-12(4-13(14)9-1-2-9)8-19-15-5-11-3-10(15)6-17-11/h4,7,9-11,15,17H,1-3,5-6,8H2/t10-,11-,15+/m1/s1. The largest absolute Gasteiger partial charge is 0.372 e. The predicted molar refractivity (Wildman–Crippen MR) is 74.3 cm³/mol. The van der Waals surface area contributed by atoms with Gasteiger partial charge in [-0.15, -0.1) is 0 Å². The first-order valence-electron chi connectivity index (χ1n) is 7.29. The molecule has 3 atom stereocenters. The second kappa shape index (κ2) is 4.72. The number of hydrogen-bond acceptors (Lipinski definition) is 3. The molecule has 0 aromatic carbocycles. The van der Waals surface area contributed by atoms with Crippen LogP contribution in [0.5, 0.6) is 0 Å². The van der Waals surface area contributed by atoms with Crippen molar-refractivity contribution in [3.8, 4) is 0 Å². The lowest BCUT2D eigenvalue weighted by Gasteiger charge is -2.22. The highest BCUT2D eigenvalue weighted by atomic mass is 35.5. The fraction of sp³-hybridized carbons (Fsp3) is 0.667. The van der Waals surface area contributed by atoms with Crippen molar-refractivity contribution in [1.29, 1.82) is 0 Å². The number of pyridine rings is 1. The smallest absolute Gasteiger partial charge is 0.0891 e. The highest BCUT2D eigenvalue weighted by Gasteiger charge is 2.40. The third-order valence-electron chi connectivity index (χ3n) is 4.70. The van der Waals surface area contributed by atoms with Gasteiger partial charge in [0.2, 0.25) is 0 Å². The van der Waals surface area contributed by atoms with Crippen molar-refractivity contribution in [1.82, 2.24) is 10.3 Å². The summed E-state index contributed by atoms with van der Waals surface area (Å²) in [6.45, 7) is 1.75. The molecule has 2 heterocycles. The van der Waals surface area contributed by atoms with Crippen molar-refractivity contribution >= 4 is 11.6 Å². The zero-order valence-corrected chi connectivity index (χ0v) is 11.7. The molecule has 1 aromatic heterocycles. The van der Waals surface area contributed by atoms with E-state index in [1.165, 1.54) is 24.8 Å². The molecule has 1 aliphatic heterocycles. The second-order valence-corrected chi connectivity index (χ2v) is 6.56. The topological polar surface area (TPSA) is 34.1 Å². The Morgan fingerprint density at radius 1 is 1.37 bits per heavy atom. The van der Waals surface area contributed by atoms with Gasteiger partial charge in [-0.05, 0) is 49.1 Å². The summed E-state index contributed by atoms with van der Waals surface area (Å²) in [6, 6.07) is 2.83. The highest BCUT2D eigenvalue weighted by Crippen LogP contribution is 2.43. The molecule has 0 amide bonds. The Kier molecular flexibility index (Phi) is 3.02. The van der Waals surface area contributed by atoms with E-state index < -0.39 is 0 Å². The Bertz CT molecular complexity index is 489. The molecule has 19 heavy (non-hydrogen) atoms. The highest BCUT2D eigenvalue weighted by molar-refractivity contribution is 6.31. The van der Waals surface area contributed by atoms with Gasteiger partial charge in [-0.25, -0.2) is 0 Å². The van der Waals surface area contributed by atoms with Gasteiger partial charge in [0.1, 0.15) is 0 Å². The third-order valence-corrected chi connectivity index (χ3v) is 5.02. The van der Waals surface area contributed by atoms with E-state index >= 15 is 0 Å². The van der Waals surface area contributed by atoms with Gasteiger partial charge in [0.05, 0.1) is 23.4 Å². The molecule has 0 unspecified atom stereocenters. The van der Waals surface area contributed by atoms with E-state index in [0.717, 1.165) is 23.7 Å². The van der Waals surface area contributed by atoms with Gasteiger partial charge >= 0.3 is 0 Å². The summed E-state index contributed by atoms with van der Waals surface area (Å²) >= 11 is 6.20. The second-order valence-electron chi connectivity index (χ2n) is 6.16. The van der Waals surface area contributed by atoms with Gasteiger partial charge in [-0.1, -0.05) is 11.6 Å². The van der Waals surface area contributed by atoms with E-state index in [1.54, 1.807) is 6.20 Å². The number of fused-ring (bicyclic) bond motifs is 2. The summed E-state index contributed by atoms with van der Waals surface area (Å²) in [4.78, 5) is 4.40. The Morgan fingerprint density at radius 3 is 2.95 bits per heavy atom. The van der Waals surface area contributed by atoms with Crippen LogP contribution >= 0.6 is 11.6 Å². The molecule has 3 aliphatic rings. The van der Waals surface area contributed by atoms with Crippen LogP contribution in [-0.4, -0.2) is 23.7 Å². The van der Waals surface area contributed by atoms with Crippen molar-refractivity contribution in [3.05, 3.63) is 28.5 Å². The number of nitrogens with zero attached hydrogens (tertiary/aromatic N) is 1. The molecule has 2 saturated carbocycles. The molecule has 2 bridgehead atoms. The number of piperidine rings is 1. The minimum Gasteiger partial charge on any atom is -0.372 e. The molecule has 102 valence electrons. The summed E-state index contributed by atoms with van der Waals surface area (Å²) in [7, 11) is 0. The van der Waals surface area contributed by atoms with Crippen LogP contribution in [0.1, 0.15) is 42.9 Å². The minimum absolute atomic E-state index is 0.424. The fourth-order valence-corrected chi connectivity index (χ4v) is 3.73. The van der Waals surface area contributed by atoms with Crippen LogP contribution in [0, 0.1) is 5.92 Å². The van der Waals surface area contributed by atoms with Crippen LogP contribution in [0.4, 0.5) is 0 Å². The van der Waals surface area contributed by atoms with Crippen molar-refractivity contribution < 1.29 is 4.74 Å². The molecule has 0 radical (unpaired) electrons. The Labute approximate surface area is 118 Å². The summed E-state index contributed by atoms with van der Waals surface area (Å²) in [5.74, 6) is 1.38. The van der Waals surface area contributed by atoms with Crippen LogP contribution in [0.3, 0.4) is 0 Å². The molecule has 4 rings (SSSR count). The van der Waals surface area contributed by atoms with E-state index in [9.17, 15) is 0 Å². The normalized spacial score (nSPS) is 33.0. The summed E-state index contributed by atoms with van der Waals surface area (Å²) in [5, 5.41) is 4.33. The maximum Gasteiger partial charge on any atom is 0.0891 e. The first kappa shape index (κ1) is 12.1. The third kappa shape index (κ3) is 2.39. The van der Waals surface area contributed by atoms with Gasteiger partial charge < -0.3 is 10.1 Å². The lowest BCUT2D eigenvalue weighted by molar-refractivity contribution is 0.00799. The quantitative estimate of drug-likeness (QED) is 0.920. The molecule has 2 aliphatic carbocycles. The first-order valence-corrected chi connectivity index (χ1v) is 7.66. The number of hydrogen-bond donors (Lipinski definition) is 1. The van der Waals surface area contributed by atoms with E-state index in [1.807, 2.05) is 0 Å². The van der Waals surface area contributed by atoms with Crippen molar-refractivity contribution in [3.63, 3.8) is 0 Å². The number of ether oxygens (including phenoxy) is 1. The van der Waals surface area contributed by atoms with Crippen LogP contribution < -0.4 is 5.32 Å². The van der Waals surface area contributed by atoms with Gasteiger partial charge in [-0.3, -0.25) is 4.98 Å². The minimum atomic E-state index is 0.424. The lowest BCUT2D eigenvalue weighted by atomic mass is 10.1. The van der Waals surface area contributed by atoms with E-state index in [0.29, 0.717) is 30.6 Å². The predicted octanol–water partition coefficient (Wildman–Crippen LogP) is 2.88. The summed E-state index contributed by atoms with van der Waals surface area (Å²) in [6.07, 6.45) is 7.19. The molecule has 3 nitrogen and oxygen atoms in total. The Hall–Kier alpha value is -0.640. The van der Waals surface area contributed by atoms with Crippen LogP contribution in [0.25, 0.3) is 0 Å². The molecule has 1 N–H and O–H groups in total. The van der Waals surface area contributed by atoms with E-state index in [-0.39, 0.29) is 0 Å². The van der Waals surface area contributed by atoms with Gasteiger partial charge in [-0.2, -0.15) is 0 Å². The lowest BCUT2D eigenvalue weighted by Crippen LogP contribution is -2.34. The van der Waals surface area contributed by atoms with Crippen LogP contribution in [0.15, 0.2) is 12.3 Å². The first-order chi connectivity index (χ1) is 9.29. The zero-order valence-electron chi connectivity index (χ0n) is 10.9. The molecule has 0 spiro atoms. The molecule has 1 saturated heterocycles. The van der Waals surface area contributed by atoms with Crippen molar-refractivity contribution in [2.75, 3.05) is 6.54 Å². The molecule has 3 fully saturated rings. The maximum absolute atomic E-state index is 6.20. The average Bonchev–Trinajstić information content (AvgIpc) is 3.06. The Morgan fingerprint density at radius 2 is 2.26 bits per heavy atom. The van der Waals surface area contributed by atoms with Crippen LogP contribution in [0.2, 0.25) is 5.02 Å². The van der Waals surface area contributed by atoms with Crippen LogP contribution in [-0.2, 0) is 11.3 Å². The van der Waals surface area contributed by atoms with Gasteiger partial charge in [0.25, 0.3) is 0 Å². The monoisotopic (exact) mass is 278 g/mol. The van der Waals surface area contributed by atoms with E-state index in [4.69, 9.17) is 16.3 Å². The zero-order chi connectivity index (χ0) is 12.8. The van der Waals surface area contributed by atoms with Crippen molar-refractivity contribution in [2.45, 2.75) is 50.4 Å². The van der Waals surface area contributed by atoms with Gasteiger partial charge in [0.15, 0.2) is 0 Å². The number of halogens is 1. The number of rotatable bonds is 4. The van der Waals surface area contributed by atoms with Gasteiger partial charge in [0, 0.05) is 18.8 Å². The summed E-state index contributed by atoms with van der Waals surface area (Å²) in [5.41, 5.74) is 2.30.